The van der Waals surface area contributed by atoms with Gasteiger partial charge in [0.15, 0.2) is 22.9 Å². The first-order chi connectivity index (χ1) is 13.9. The van der Waals surface area contributed by atoms with E-state index in [1.165, 1.54) is 0 Å². The largest absolute Gasteiger partial charge is 0.486 e. The molecule has 0 fully saturated rings. The Morgan fingerprint density at radius 3 is 2.69 bits per heavy atom. The molecule has 6 nitrogen and oxygen atoms in total. The van der Waals surface area contributed by atoms with E-state index in [9.17, 15) is 14.7 Å². The normalized spacial score (nSPS) is 20.0. The van der Waals surface area contributed by atoms with Gasteiger partial charge in [-0.25, -0.2) is 0 Å². The predicted molar refractivity (Wildman–Crippen MR) is 112 cm³/mol. The standard InChI is InChI=1S/C22H22BrNO5/c1-2-3-8-24-17-6-5-15(23)12-16(17)22(27,21(24)26)13-18(25)14-4-7-19-20(11-14)29-10-9-28-19/h4-7,11-12,27H,2-3,8-10,13H2,1H3/t22-/m0/s1. The smallest absolute Gasteiger partial charge is 0.264 e. The molecule has 2 heterocycles. The Morgan fingerprint density at radius 1 is 1.17 bits per heavy atom. The van der Waals surface area contributed by atoms with Crippen LogP contribution < -0.4 is 14.4 Å². The maximum absolute atomic E-state index is 13.2. The topological polar surface area (TPSA) is 76.1 Å². The van der Waals surface area contributed by atoms with Gasteiger partial charge in [0.25, 0.3) is 5.91 Å². The Hall–Kier alpha value is -2.38. The molecule has 2 aliphatic rings. The Bertz CT molecular complexity index is 976. The molecular formula is C22H22BrNO5. The summed E-state index contributed by atoms with van der Waals surface area (Å²) in [4.78, 5) is 27.8. The number of nitrogens with zero attached hydrogens (tertiary/aromatic N) is 1. The van der Waals surface area contributed by atoms with Crippen LogP contribution in [0, 0.1) is 0 Å². The lowest BCUT2D eigenvalue weighted by Gasteiger charge is -2.23. The number of halogens is 1. The van der Waals surface area contributed by atoms with Crippen molar-refractivity contribution < 1.29 is 24.2 Å². The van der Waals surface area contributed by atoms with Gasteiger partial charge >= 0.3 is 0 Å². The average molecular weight is 460 g/mol. The van der Waals surface area contributed by atoms with Crippen molar-refractivity contribution in [3.8, 4) is 11.5 Å². The summed E-state index contributed by atoms with van der Waals surface area (Å²) in [6, 6.07) is 10.3. The Morgan fingerprint density at radius 2 is 1.93 bits per heavy atom. The minimum atomic E-state index is -1.89. The molecule has 0 radical (unpaired) electrons. The number of anilines is 1. The number of carbonyl (C=O) groups is 2. The molecule has 1 N–H and O–H groups in total. The van der Waals surface area contributed by atoms with Crippen LogP contribution in [0.25, 0.3) is 0 Å². The van der Waals surface area contributed by atoms with Gasteiger partial charge in [-0.15, -0.1) is 0 Å². The van der Waals surface area contributed by atoms with Crippen molar-refractivity contribution in [3.63, 3.8) is 0 Å². The van der Waals surface area contributed by atoms with E-state index in [-0.39, 0.29) is 12.2 Å². The van der Waals surface area contributed by atoms with Crippen molar-refractivity contribution >= 4 is 33.3 Å². The van der Waals surface area contributed by atoms with Crippen molar-refractivity contribution in [3.05, 3.63) is 52.0 Å². The molecule has 2 aromatic carbocycles. The lowest BCUT2D eigenvalue weighted by Crippen LogP contribution is -2.42. The Labute approximate surface area is 177 Å². The third kappa shape index (κ3) is 3.53. The van der Waals surface area contributed by atoms with Gasteiger partial charge in [0.1, 0.15) is 13.2 Å². The van der Waals surface area contributed by atoms with Crippen molar-refractivity contribution in [1.29, 1.82) is 0 Å². The van der Waals surface area contributed by atoms with Crippen LogP contribution in [0.5, 0.6) is 11.5 Å². The highest BCUT2D eigenvalue weighted by Crippen LogP contribution is 2.44. The molecule has 0 aliphatic carbocycles. The average Bonchev–Trinajstić information content (AvgIpc) is 2.92. The molecular weight excluding hydrogens is 438 g/mol. The maximum atomic E-state index is 13.2. The molecule has 0 aromatic heterocycles. The lowest BCUT2D eigenvalue weighted by atomic mass is 9.88. The number of carbonyl (C=O) groups excluding carboxylic acids is 2. The molecule has 0 saturated carbocycles. The number of amides is 1. The predicted octanol–water partition coefficient (Wildman–Crippen LogP) is 3.83. The minimum Gasteiger partial charge on any atom is -0.486 e. The second kappa shape index (κ2) is 7.80. The van der Waals surface area contributed by atoms with Gasteiger partial charge in [-0.2, -0.15) is 0 Å². The summed E-state index contributed by atoms with van der Waals surface area (Å²) in [6.07, 6.45) is 1.40. The summed E-state index contributed by atoms with van der Waals surface area (Å²) in [5, 5.41) is 11.4. The lowest BCUT2D eigenvalue weighted by molar-refractivity contribution is -0.135. The quantitative estimate of drug-likeness (QED) is 0.664. The molecule has 152 valence electrons. The SMILES string of the molecule is CCCCN1C(=O)[C@](O)(CC(=O)c2ccc3c(c2)OCCO3)c2cc(Br)ccc21. The highest BCUT2D eigenvalue weighted by Gasteiger charge is 2.50. The van der Waals surface area contributed by atoms with Crippen LogP contribution in [0.4, 0.5) is 5.69 Å². The molecule has 0 spiro atoms. The number of ether oxygens (including phenoxy) is 2. The third-order valence-corrected chi connectivity index (χ3v) is 5.80. The first-order valence-corrected chi connectivity index (χ1v) is 10.5. The first-order valence-electron chi connectivity index (χ1n) is 9.71. The van der Waals surface area contributed by atoms with Gasteiger partial charge in [-0.3, -0.25) is 9.59 Å². The highest BCUT2D eigenvalue weighted by molar-refractivity contribution is 9.10. The first kappa shape index (κ1) is 19.9. The van der Waals surface area contributed by atoms with Crippen molar-refractivity contribution in [2.45, 2.75) is 31.8 Å². The van der Waals surface area contributed by atoms with E-state index in [1.54, 1.807) is 35.2 Å². The van der Waals surface area contributed by atoms with E-state index < -0.39 is 11.5 Å². The highest BCUT2D eigenvalue weighted by atomic mass is 79.9. The summed E-state index contributed by atoms with van der Waals surface area (Å²) in [6.45, 7) is 3.43. The van der Waals surface area contributed by atoms with Crippen LogP contribution in [0.15, 0.2) is 40.9 Å². The molecule has 4 rings (SSSR count). The Kier molecular flexibility index (Phi) is 5.36. The summed E-state index contributed by atoms with van der Waals surface area (Å²) < 4.78 is 11.8. The number of rotatable bonds is 6. The molecule has 1 amide bonds. The molecule has 0 unspecified atom stereocenters. The zero-order chi connectivity index (χ0) is 20.6. The Balaban J connectivity index is 1.66. The molecule has 29 heavy (non-hydrogen) atoms. The van der Waals surface area contributed by atoms with Crippen LogP contribution in [0.1, 0.15) is 42.1 Å². The van der Waals surface area contributed by atoms with Gasteiger partial charge in [-0.05, 0) is 42.8 Å². The summed E-state index contributed by atoms with van der Waals surface area (Å²) >= 11 is 3.41. The van der Waals surface area contributed by atoms with Crippen molar-refractivity contribution in [1.82, 2.24) is 0 Å². The van der Waals surface area contributed by atoms with Gasteiger partial charge in [0.05, 0.1) is 12.1 Å². The van der Waals surface area contributed by atoms with E-state index in [0.29, 0.717) is 48.1 Å². The number of aliphatic hydroxyl groups is 1. The number of fused-ring (bicyclic) bond motifs is 2. The van der Waals surface area contributed by atoms with E-state index in [2.05, 4.69) is 15.9 Å². The van der Waals surface area contributed by atoms with Crippen LogP contribution in [-0.4, -0.2) is 36.6 Å². The van der Waals surface area contributed by atoms with Crippen molar-refractivity contribution in [2.75, 3.05) is 24.7 Å². The zero-order valence-corrected chi connectivity index (χ0v) is 17.7. The van der Waals surface area contributed by atoms with Crippen LogP contribution in [0.3, 0.4) is 0 Å². The fraction of sp³-hybridized carbons (Fsp3) is 0.364. The monoisotopic (exact) mass is 459 g/mol. The number of hydrogen-bond acceptors (Lipinski definition) is 5. The van der Waals surface area contributed by atoms with Gasteiger partial charge < -0.3 is 19.5 Å². The van der Waals surface area contributed by atoms with E-state index >= 15 is 0 Å². The summed E-state index contributed by atoms with van der Waals surface area (Å²) in [7, 11) is 0. The van der Waals surface area contributed by atoms with Crippen LogP contribution in [0.2, 0.25) is 0 Å². The van der Waals surface area contributed by atoms with E-state index in [4.69, 9.17) is 9.47 Å². The molecule has 7 heteroatoms. The minimum absolute atomic E-state index is 0.332. The molecule has 2 aromatic rings. The second-order valence-electron chi connectivity index (χ2n) is 7.29. The number of benzene rings is 2. The van der Waals surface area contributed by atoms with Crippen LogP contribution >= 0.6 is 15.9 Å². The van der Waals surface area contributed by atoms with Gasteiger partial charge in [0.2, 0.25) is 0 Å². The molecule has 0 saturated heterocycles. The summed E-state index contributed by atoms with van der Waals surface area (Å²) in [5.74, 6) is 0.300. The molecule has 1 atom stereocenters. The summed E-state index contributed by atoms with van der Waals surface area (Å²) in [5.41, 5.74) is -0.404. The van der Waals surface area contributed by atoms with Gasteiger partial charge in [-0.1, -0.05) is 29.3 Å². The number of Topliss-reactive ketones (excluding diaryl/α,β-unsaturated/α-hetero) is 1. The molecule has 2 aliphatic heterocycles. The number of hydrogen-bond donors (Lipinski definition) is 1. The second-order valence-corrected chi connectivity index (χ2v) is 8.21. The zero-order valence-electron chi connectivity index (χ0n) is 16.1. The maximum Gasteiger partial charge on any atom is 0.264 e. The number of unbranched alkanes of at least 4 members (excludes halogenated alkanes) is 1. The van der Waals surface area contributed by atoms with Gasteiger partial charge in [0, 0.05) is 22.1 Å². The van der Waals surface area contributed by atoms with E-state index in [1.807, 2.05) is 13.0 Å². The van der Waals surface area contributed by atoms with E-state index in [0.717, 1.165) is 17.3 Å². The van der Waals surface area contributed by atoms with Crippen LogP contribution in [-0.2, 0) is 10.4 Å². The molecule has 0 bridgehead atoms. The fourth-order valence-electron chi connectivity index (χ4n) is 3.78. The fourth-order valence-corrected chi connectivity index (χ4v) is 4.14. The van der Waals surface area contributed by atoms with Crippen molar-refractivity contribution in [2.24, 2.45) is 0 Å². The number of ketones is 1. The third-order valence-electron chi connectivity index (χ3n) is 5.31.